The number of ether oxygens (including phenoxy) is 3. The summed E-state index contributed by atoms with van der Waals surface area (Å²) in [6.07, 6.45) is 8.93. The number of hydrogen-bond acceptors (Lipinski definition) is 9. The van der Waals surface area contributed by atoms with Gasteiger partial charge in [-0.2, -0.15) is 4.98 Å². The van der Waals surface area contributed by atoms with E-state index in [0.29, 0.717) is 45.2 Å². The van der Waals surface area contributed by atoms with Crippen molar-refractivity contribution in [2.24, 2.45) is 0 Å². The molecule has 2 aliphatic heterocycles. The van der Waals surface area contributed by atoms with Crippen LogP contribution in [-0.2, 0) is 16.0 Å². The molecule has 12 nitrogen and oxygen atoms in total. The highest BCUT2D eigenvalue weighted by atomic mass is 16.7. The van der Waals surface area contributed by atoms with E-state index >= 15 is 0 Å². The summed E-state index contributed by atoms with van der Waals surface area (Å²) in [6.45, 7) is 4.53. The number of nitrogens with zero attached hydrogens (tertiary/aromatic N) is 6. The smallest absolute Gasteiger partial charge is 0.410 e. The van der Waals surface area contributed by atoms with Crippen molar-refractivity contribution in [3.8, 4) is 17.4 Å². The van der Waals surface area contributed by atoms with Gasteiger partial charge in [-0.25, -0.2) is 14.8 Å². The number of hydrogen-bond donors (Lipinski definition) is 1. The average molecular weight is 536 g/mol. The summed E-state index contributed by atoms with van der Waals surface area (Å²) in [6, 6.07) is 7.24. The van der Waals surface area contributed by atoms with Gasteiger partial charge in [-0.1, -0.05) is 19.4 Å². The molecule has 0 radical (unpaired) electrons. The molecular weight excluding hydrogens is 502 g/mol. The lowest BCUT2D eigenvalue weighted by Crippen LogP contribution is -2.57. The third kappa shape index (κ3) is 6.57. The topological polar surface area (TPSA) is 124 Å². The fraction of sp³-hybridized carbons (Fsp3) is 0.444. The molecule has 1 atom stereocenters. The van der Waals surface area contributed by atoms with Crippen molar-refractivity contribution in [1.29, 1.82) is 0 Å². The zero-order valence-corrected chi connectivity index (χ0v) is 22.0. The predicted molar refractivity (Wildman–Crippen MR) is 142 cm³/mol. The SMILES string of the molecule is CCCCOC(=O)N1CCN(c2ccnc(-n3ccnc3)n2)CC1CC(=O)NCCc1ccc2c(c1)OCO2. The minimum atomic E-state index is -0.386. The summed E-state index contributed by atoms with van der Waals surface area (Å²) in [5.74, 6) is 2.55. The number of nitrogens with one attached hydrogen (secondary N) is 1. The van der Waals surface area contributed by atoms with Crippen LogP contribution in [0.25, 0.3) is 5.95 Å². The maximum absolute atomic E-state index is 13.0. The summed E-state index contributed by atoms with van der Waals surface area (Å²) in [5, 5.41) is 3.00. The van der Waals surface area contributed by atoms with Crippen LogP contribution in [0.3, 0.4) is 0 Å². The van der Waals surface area contributed by atoms with Crippen molar-refractivity contribution in [2.45, 2.75) is 38.6 Å². The molecule has 4 heterocycles. The van der Waals surface area contributed by atoms with Crippen molar-refractivity contribution in [3.63, 3.8) is 0 Å². The van der Waals surface area contributed by atoms with Gasteiger partial charge in [-0.3, -0.25) is 9.36 Å². The van der Waals surface area contributed by atoms with Gasteiger partial charge in [0.1, 0.15) is 12.1 Å². The Morgan fingerprint density at radius 3 is 2.90 bits per heavy atom. The Balaban J connectivity index is 1.22. The molecule has 0 bridgehead atoms. The number of anilines is 1. The number of piperazine rings is 1. The van der Waals surface area contributed by atoms with Gasteiger partial charge in [0, 0.05) is 51.2 Å². The first-order valence-electron chi connectivity index (χ1n) is 13.3. The molecule has 206 valence electrons. The van der Waals surface area contributed by atoms with Crippen LogP contribution in [-0.4, -0.2) is 82.0 Å². The van der Waals surface area contributed by atoms with Crippen LogP contribution in [0.2, 0.25) is 0 Å². The molecule has 12 heteroatoms. The minimum absolute atomic E-state index is 0.129. The number of amides is 2. The van der Waals surface area contributed by atoms with E-state index in [-0.39, 0.29) is 31.3 Å². The van der Waals surface area contributed by atoms with Gasteiger partial charge < -0.3 is 29.3 Å². The molecule has 1 N–H and O–H groups in total. The first-order chi connectivity index (χ1) is 19.1. The van der Waals surface area contributed by atoms with Crippen LogP contribution >= 0.6 is 0 Å². The highest BCUT2D eigenvalue weighted by Crippen LogP contribution is 2.32. The normalized spacial score (nSPS) is 16.3. The van der Waals surface area contributed by atoms with E-state index in [1.165, 1.54) is 0 Å². The van der Waals surface area contributed by atoms with Crippen molar-refractivity contribution in [3.05, 3.63) is 54.7 Å². The second kappa shape index (κ2) is 12.5. The molecule has 3 aromatic rings. The molecule has 39 heavy (non-hydrogen) atoms. The van der Waals surface area contributed by atoms with Crippen molar-refractivity contribution in [1.82, 2.24) is 29.7 Å². The first kappa shape index (κ1) is 26.3. The Morgan fingerprint density at radius 2 is 2.05 bits per heavy atom. The number of carbonyl (C=O) groups excluding carboxylic acids is 2. The maximum atomic E-state index is 13.0. The molecule has 0 spiro atoms. The molecule has 1 aromatic carbocycles. The molecule has 1 fully saturated rings. The molecule has 2 aliphatic rings. The van der Waals surface area contributed by atoms with Crippen LogP contribution in [0.4, 0.5) is 10.6 Å². The second-order valence-electron chi connectivity index (χ2n) is 9.44. The van der Waals surface area contributed by atoms with Crippen LogP contribution < -0.4 is 19.7 Å². The summed E-state index contributed by atoms with van der Waals surface area (Å²) < 4.78 is 18.0. The number of unbranched alkanes of at least 4 members (excludes halogenated alkanes) is 1. The lowest BCUT2D eigenvalue weighted by atomic mass is 10.1. The Morgan fingerprint density at radius 1 is 1.15 bits per heavy atom. The van der Waals surface area contributed by atoms with E-state index in [1.54, 1.807) is 34.4 Å². The zero-order valence-electron chi connectivity index (χ0n) is 22.0. The number of rotatable bonds is 10. The molecule has 2 aromatic heterocycles. The Hall–Kier alpha value is -4.35. The van der Waals surface area contributed by atoms with E-state index < -0.39 is 0 Å². The van der Waals surface area contributed by atoms with E-state index in [2.05, 4.69) is 25.2 Å². The molecule has 0 saturated carbocycles. The molecular formula is C27H33N7O5. The number of aromatic nitrogens is 4. The van der Waals surface area contributed by atoms with Gasteiger partial charge in [-0.15, -0.1) is 0 Å². The molecule has 1 unspecified atom stereocenters. The van der Waals surface area contributed by atoms with Crippen LogP contribution in [0.1, 0.15) is 31.7 Å². The van der Waals surface area contributed by atoms with Gasteiger partial charge in [-0.05, 0) is 36.6 Å². The maximum Gasteiger partial charge on any atom is 0.410 e. The fourth-order valence-electron chi connectivity index (χ4n) is 4.61. The van der Waals surface area contributed by atoms with Crippen molar-refractivity contribution >= 4 is 17.8 Å². The largest absolute Gasteiger partial charge is 0.454 e. The molecule has 1 saturated heterocycles. The molecule has 5 rings (SSSR count). The highest BCUT2D eigenvalue weighted by molar-refractivity contribution is 5.78. The number of imidazole rings is 1. The highest BCUT2D eigenvalue weighted by Gasteiger charge is 2.33. The van der Waals surface area contributed by atoms with E-state index in [0.717, 1.165) is 35.7 Å². The molecule has 2 amide bonds. The monoisotopic (exact) mass is 535 g/mol. The average Bonchev–Trinajstić information content (AvgIpc) is 3.66. The van der Waals surface area contributed by atoms with Crippen molar-refractivity contribution in [2.75, 3.05) is 44.5 Å². The molecule has 0 aliphatic carbocycles. The minimum Gasteiger partial charge on any atom is -0.454 e. The number of benzene rings is 1. The van der Waals surface area contributed by atoms with Gasteiger partial charge in [0.05, 0.1) is 12.6 Å². The fourth-order valence-corrected chi connectivity index (χ4v) is 4.61. The first-order valence-corrected chi connectivity index (χ1v) is 13.3. The lowest BCUT2D eigenvalue weighted by Gasteiger charge is -2.41. The Kier molecular flexibility index (Phi) is 8.39. The van der Waals surface area contributed by atoms with Gasteiger partial charge in [0.15, 0.2) is 11.5 Å². The predicted octanol–water partition coefficient (Wildman–Crippen LogP) is 2.57. The van der Waals surface area contributed by atoms with E-state index in [1.807, 2.05) is 31.2 Å². The third-order valence-corrected chi connectivity index (χ3v) is 6.72. The van der Waals surface area contributed by atoms with Crippen molar-refractivity contribution < 1.29 is 23.8 Å². The summed E-state index contributed by atoms with van der Waals surface area (Å²) in [5.41, 5.74) is 1.04. The second-order valence-corrected chi connectivity index (χ2v) is 9.44. The summed E-state index contributed by atoms with van der Waals surface area (Å²) in [7, 11) is 0. The van der Waals surface area contributed by atoms with Gasteiger partial charge in [0.2, 0.25) is 18.6 Å². The third-order valence-electron chi connectivity index (χ3n) is 6.72. The van der Waals surface area contributed by atoms with E-state index in [9.17, 15) is 9.59 Å². The number of fused-ring (bicyclic) bond motifs is 1. The summed E-state index contributed by atoms with van der Waals surface area (Å²) >= 11 is 0. The Labute approximate surface area is 226 Å². The summed E-state index contributed by atoms with van der Waals surface area (Å²) in [4.78, 5) is 42.7. The Bertz CT molecular complexity index is 1270. The van der Waals surface area contributed by atoms with Crippen LogP contribution in [0.15, 0.2) is 49.2 Å². The zero-order chi connectivity index (χ0) is 27.0. The number of carbonyl (C=O) groups is 2. The van der Waals surface area contributed by atoms with Crippen LogP contribution in [0, 0.1) is 0 Å². The quantitative estimate of drug-likeness (QED) is 0.390. The van der Waals surface area contributed by atoms with E-state index in [4.69, 9.17) is 14.2 Å². The van der Waals surface area contributed by atoms with Crippen LogP contribution in [0.5, 0.6) is 11.5 Å². The van der Waals surface area contributed by atoms with Gasteiger partial charge >= 0.3 is 6.09 Å². The lowest BCUT2D eigenvalue weighted by molar-refractivity contribution is -0.122. The van der Waals surface area contributed by atoms with Gasteiger partial charge in [0.25, 0.3) is 0 Å². The standard InChI is InChI=1S/C27H33N7O5/c1-2-3-14-37-27(36)34-13-12-32(24-7-9-30-26(31-24)33-11-10-28-18-33)17-21(34)16-25(35)29-8-6-20-4-5-22-23(15-20)39-19-38-22/h4-5,7,9-11,15,18,21H,2-3,6,8,12-14,16-17,19H2,1H3,(H,29,35).